The molecule has 2 N–H and O–H groups in total. The SMILES string of the molecule is COC(=O)c1ccc(Cl)c(NC(=O)CCNC(=O)c2ccc(Br)cc2)c1. The number of esters is 1. The molecule has 0 aliphatic carbocycles. The van der Waals surface area contributed by atoms with Gasteiger partial charge in [0.2, 0.25) is 5.91 Å². The number of rotatable bonds is 6. The third-order valence-electron chi connectivity index (χ3n) is 3.41. The summed E-state index contributed by atoms with van der Waals surface area (Å²) in [5, 5.41) is 5.58. The van der Waals surface area contributed by atoms with Crippen LogP contribution in [0.25, 0.3) is 0 Å². The van der Waals surface area contributed by atoms with Crippen LogP contribution in [0, 0.1) is 0 Å². The smallest absolute Gasteiger partial charge is 0.337 e. The van der Waals surface area contributed by atoms with Crippen molar-refractivity contribution in [1.29, 1.82) is 0 Å². The molecule has 2 rings (SSSR count). The van der Waals surface area contributed by atoms with Gasteiger partial charge < -0.3 is 15.4 Å². The van der Waals surface area contributed by atoms with Crippen LogP contribution in [0.5, 0.6) is 0 Å². The Balaban J connectivity index is 1.88. The fourth-order valence-electron chi connectivity index (χ4n) is 2.07. The normalized spacial score (nSPS) is 10.1. The van der Waals surface area contributed by atoms with Crippen LogP contribution in [-0.4, -0.2) is 31.4 Å². The zero-order valence-corrected chi connectivity index (χ0v) is 16.2. The largest absolute Gasteiger partial charge is 0.465 e. The zero-order valence-electron chi connectivity index (χ0n) is 13.8. The van der Waals surface area contributed by atoms with Gasteiger partial charge in [-0.1, -0.05) is 27.5 Å². The van der Waals surface area contributed by atoms with Crippen LogP contribution in [0.15, 0.2) is 46.9 Å². The number of carbonyl (C=O) groups excluding carboxylic acids is 3. The molecule has 2 aromatic carbocycles. The summed E-state index contributed by atoms with van der Waals surface area (Å²) in [5.41, 5.74) is 1.08. The quantitative estimate of drug-likeness (QED) is 0.673. The van der Waals surface area contributed by atoms with Crippen molar-refractivity contribution in [2.24, 2.45) is 0 Å². The minimum absolute atomic E-state index is 0.0566. The van der Waals surface area contributed by atoms with Gasteiger partial charge in [0.05, 0.1) is 23.4 Å². The van der Waals surface area contributed by atoms with E-state index in [-0.39, 0.29) is 30.3 Å². The maximum atomic E-state index is 12.0. The predicted octanol–water partition coefficient (Wildman–Crippen LogP) is 3.65. The van der Waals surface area contributed by atoms with Crippen molar-refractivity contribution < 1.29 is 19.1 Å². The molecule has 6 nitrogen and oxygen atoms in total. The van der Waals surface area contributed by atoms with Gasteiger partial charge in [0.1, 0.15) is 0 Å². The van der Waals surface area contributed by atoms with E-state index in [1.807, 2.05) is 0 Å². The molecule has 0 aliphatic heterocycles. The van der Waals surface area contributed by atoms with Crippen LogP contribution in [0.2, 0.25) is 5.02 Å². The second-order valence-electron chi connectivity index (χ2n) is 5.25. The summed E-state index contributed by atoms with van der Waals surface area (Å²) in [6.45, 7) is 0.162. The Morgan fingerprint density at radius 2 is 1.73 bits per heavy atom. The number of methoxy groups -OCH3 is 1. The molecule has 0 bridgehead atoms. The Bertz CT molecular complexity index is 824. The summed E-state index contributed by atoms with van der Waals surface area (Å²) in [4.78, 5) is 35.5. The number of nitrogens with one attached hydrogen (secondary N) is 2. The average Bonchev–Trinajstić information content (AvgIpc) is 2.63. The van der Waals surface area contributed by atoms with Crippen LogP contribution in [0.3, 0.4) is 0 Å². The molecule has 136 valence electrons. The van der Waals surface area contributed by atoms with Crippen molar-refractivity contribution >= 4 is 51.0 Å². The summed E-state index contributed by atoms with van der Waals surface area (Å²) in [6, 6.07) is 11.3. The summed E-state index contributed by atoms with van der Waals surface area (Å²) >= 11 is 9.32. The number of hydrogen-bond donors (Lipinski definition) is 2. The predicted molar refractivity (Wildman–Crippen MR) is 103 cm³/mol. The number of amides is 2. The highest BCUT2D eigenvalue weighted by molar-refractivity contribution is 9.10. The van der Waals surface area contributed by atoms with Crippen LogP contribution in [0.4, 0.5) is 5.69 Å². The molecule has 2 aromatic rings. The van der Waals surface area contributed by atoms with Crippen molar-refractivity contribution in [2.45, 2.75) is 6.42 Å². The highest BCUT2D eigenvalue weighted by atomic mass is 79.9. The summed E-state index contributed by atoms with van der Waals surface area (Å²) < 4.78 is 5.51. The van der Waals surface area contributed by atoms with E-state index in [4.69, 9.17) is 11.6 Å². The number of ether oxygens (including phenoxy) is 1. The van der Waals surface area contributed by atoms with Crippen LogP contribution in [-0.2, 0) is 9.53 Å². The van der Waals surface area contributed by atoms with E-state index in [0.717, 1.165) is 4.47 Å². The van der Waals surface area contributed by atoms with E-state index in [2.05, 4.69) is 31.3 Å². The van der Waals surface area contributed by atoms with Gasteiger partial charge in [-0.2, -0.15) is 0 Å². The van der Waals surface area contributed by atoms with Gasteiger partial charge in [0.25, 0.3) is 5.91 Å². The van der Waals surface area contributed by atoms with Crippen molar-refractivity contribution in [3.05, 3.63) is 63.1 Å². The van der Waals surface area contributed by atoms with E-state index in [0.29, 0.717) is 16.3 Å². The second kappa shape index (κ2) is 9.35. The van der Waals surface area contributed by atoms with E-state index in [1.54, 1.807) is 24.3 Å². The number of benzene rings is 2. The van der Waals surface area contributed by atoms with Gasteiger partial charge in [-0.15, -0.1) is 0 Å². The average molecular weight is 440 g/mol. The third kappa shape index (κ3) is 5.57. The minimum Gasteiger partial charge on any atom is -0.465 e. The van der Waals surface area contributed by atoms with Crippen LogP contribution >= 0.6 is 27.5 Å². The fourth-order valence-corrected chi connectivity index (χ4v) is 2.50. The lowest BCUT2D eigenvalue weighted by Gasteiger charge is -2.09. The summed E-state index contributed by atoms with van der Waals surface area (Å²) in [5.74, 6) is -1.14. The topological polar surface area (TPSA) is 84.5 Å². The van der Waals surface area contributed by atoms with Gasteiger partial charge in [0.15, 0.2) is 0 Å². The molecule has 0 saturated heterocycles. The van der Waals surface area contributed by atoms with E-state index >= 15 is 0 Å². The first-order chi connectivity index (χ1) is 12.4. The van der Waals surface area contributed by atoms with Gasteiger partial charge in [-0.25, -0.2) is 4.79 Å². The van der Waals surface area contributed by atoms with E-state index < -0.39 is 5.97 Å². The Morgan fingerprint density at radius 1 is 1.08 bits per heavy atom. The van der Waals surface area contributed by atoms with E-state index in [1.165, 1.54) is 25.3 Å². The fraction of sp³-hybridized carbons (Fsp3) is 0.167. The van der Waals surface area contributed by atoms with Crippen molar-refractivity contribution in [1.82, 2.24) is 5.32 Å². The van der Waals surface area contributed by atoms with Gasteiger partial charge >= 0.3 is 5.97 Å². The van der Waals surface area contributed by atoms with Gasteiger partial charge in [-0.3, -0.25) is 9.59 Å². The molecule has 0 unspecified atom stereocenters. The molecule has 26 heavy (non-hydrogen) atoms. The summed E-state index contributed by atoms with van der Waals surface area (Å²) in [7, 11) is 1.27. The molecule has 0 atom stereocenters. The maximum Gasteiger partial charge on any atom is 0.337 e. The Labute approximate surface area is 164 Å². The number of hydrogen-bond acceptors (Lipinski definition) is 4. The number of carbonyl (C=O) groups is 3. The van der Waals surface area contributed by atoms with Crippen molar-refractivity contribution in [3.8, 4) is 0 Å². The highest BCUT2D eigenvalue weighted by Crippen LogP contribution is 2.23. The van der Waals surface area contributed by atoms with E-state index in [9.17, 15) is 14.4 Å². The first-order valence-electron chi connectivity index (χ1n) is 7.62. The monoisotopic (exact) mass is 438 g/mol. The number of halogens is 2. The first kappa shape index (κ1) is 19.9. The second-order valence-corrected chi connectivity index (χ2v) is 6.57. The molecule has 0 aliphatic rings. The highest BCUT2D eigenvalue weighted by Gasteiger charge is 2.12. The molecule has 0 aromatic heterocycles. The van der Waals surface area contributed by atoms with Gasteiger partial charge in [-0.05, 0) is 42.5 Å². The molecule has 0 radical (unpaired) electrons. The molecular formula is C18H16BrClN2O4. The van der Waals surface area contributed by atoms with Crippen molar-refractivity contribution in [2.75, 3.05) is 19.0 Å². The molecule has 0 saturated carbocycles. The number of anilines is 1. The molecule has 2 amide bonds. The summed E-state index contributed by atoms with van der Waals surface area (Å²) in [6.07, 6.45) is 0.0566. The lowest BCUT2D eigenvalue weighted by molar-refractivity contribution is -0.116. The van der Waals surface area contributed by atoms with Crippen LogP contribution < -0.4 is 10.6 Å². The zero-order chi connectivity index (χ0) is 19.1. The Hall–Kier alpha value is -2.38. The Kier molecular flexibility index (Phi) is 7.17. The lowest BCUT2D eigenvalue weighted by atomic mass is 10.2. The molecule has 0 heterocycles. The first-order valence-corrected chi connectivity index (χ1v) is 8.79. The van der Waals surface area contributed by atoms with Crippen LogP contribution in [0.1, 0.15) is 27.1 Å². The Morgan fingerprint density at radius 3 is 2.38 bits per heavy atom. The molecule has 8 heteroatoms. The molecule has 0 fully saturated rings. The molecule has 0 spiro atoms. The van der Waals surface area contributed by atoms with Crippen molar-refractivity contribution in [3.63, 3.8) is 0 Å². The minimum atomic E-state index is -0.529. The molecular weight excluding hydrogens is 424 g/mol. The standard InChI is InChI=1S/C18H16BrClN2O4/c1-26-18(25)12-4-7-14(20)15(10-12)22-16(23)8-9-21-17(24)11-2-5-13(19)6-3-11/h2-7,10H,8-9H2,1H3,(H,21,24)(H,22,23). The lowest BCUT2D eigenvalue weighted by Crippen LogP contribution is -2.27. The van der Waals surface area contributed by atoms with Gasteiger partial charge in [0, 0.05) is 23.0 Å². The third-order valence-corrected chi connectivity index (χ3v) is 4.26. The maximum absolute atomic E-state index is 12.0.